The number of rotatable bonds is 7. The standard InChI is InChI=1S/C13H24N4O/c1-10(9-18-2)8-17-13(11-4-3-5-11)12(6-7-14)15-16-17/h10-11H,3-9,14H2,1-2H3. The highest BCUT2D eigenvalue weighted by Crippen LogP contribution is 2.37. The van der Waals surface area contributed by atoms with Gasteiger partial charge in [-0.05, 0) is 25.3 Å². The fourth-order valence-corrected chi connectivity index (χ4v) is 2.57. The number of hydrogen-bond donors (Lipinski definition) is 1. The summed E-state index contributed by atoms with van der Waals surface area (Å²) in [5.74, 6) is 1.11. The number of hydrogen-bond acceptors (Lipinski definition) is 4. The lowest BCUT2D eigenvalue weighted by atomic mass is 9.81. The molecule has 1 aromatic heterocycles. The highest BCUT2D eigenvalue weighted by Gasteiger charge is 2.27. The van der Waals surface area contributed by atoms with Crippen LogP contribution in [0.5, 0.6) is 0 Å². The first-order valence-electron chi connectivity index (χ1n) is 6.87. The molecule has 1 atom stereocenters. The summed E-state index contributed by atoms with van der Waals surface area (Å²) in [5.41, 5.74) is 8.08. The molecule has 0 aromatic carbocycles. The van der Waals surface area contributed by atoms with Gasteiger partial charge < -0.3 is 10.5 Å². The summed E-state index contributed by atoms with van der Waals surface area (Å²) in [5, 5.41) is 8.63. The maximum absolute atomic E-state index is 5.65. The van der Waals surface area contributed by atoms with Crippen molar-refractivity contribution in [2.24, 2.45) is 11.7 Å². The van der Waals surface area contributed by atoms with Gasteiger partial charge in [0.25, 0.3) is 0 Å². The van der Waals surface area contributed by atoms with Crippen LogP contribution in [0.15, 0.2) is 0 Å². The number of aromatic nitrogens is 3. The molecule has 5 heteroatoms. The van der Waals surface area contributed by atoms with Crippen LogP contribution in [-0.4, -0.2) is 35.3 Å². The Morgan fingerprint density at radius 1 is 1.50 bits per heavy atom. The minimum atomic E-state index is 0.459. The molecule has 0 saturated heterocycles. The minimum Gasteiger partial charge on any atom is -0.384 e. The smallest absolute Gasteiger partial charge is 0.0874 e. The Morgan fingerprint density at radius 3 is 2.83 bits per heavy atom. The summed E-state index contributed by atoms with van der Waals surface area (Å²) in [6.45, 7) is 4.47. The van der Waals surface area contributed by atoms with E-state index in [0.717, 1.165) is 25.3 Å². The first kappa shape index (κ1) is 13.5. The lowest BCUT2D eigenvalue weighted by molar-refractivity contribution is 0.147. The molecule has 1 fully saturated rings. The third-order valence-corrected chi connectivity index (χ3v) is 3.66. The number of ether oxygens (including phenoxy) is 1. The van der Waals surface area contributed by atoms with E-state index in [2.05, 4.69) is 21.9 Å². The Hall–Kier alpha value is -0.940. The van der Waals surface area contributed by atoms with E-state index >= 15 is 0 Å². The van der Waals surface area contributed by atoms with Gasteiger partial charge in [0.2, 0.25) is 0 Å². The van der Waals surface area contributed by atoms with Crippen LogP contribution in [0.1, 0.15) is 43.5 Å². The number of nitrogens with two attached hydrogens (primary N) is 1. The van der Waals surface area contributed by atoms with Crippen LogP contribution < -0.4 is 5.73 Å². The minimum absolute atomic E-state index is 0.459. The molecule has 5 nitrogen and oxygen atoms in total. The van der Waals surface area contributed by atoms with Crippen LogP contribution in [0.3, 0.4) is 0 Å². The van der Waals surface area contributed by atoms with E-state index in [9.17, 15) is 0 Å². The van der Waals surface area contributed by atoms with Gasteiger partial charge >= 0.3 is 0 Å². The summed E-state index contributed by atoms with van der Waals surface area (Å²) in [6, 6.07) is 0. The van der Waals surface area contributed by atoms with Gasteiger partial charge in [-0.15, -0.1) is 5.10 Å². The van der Waals surface area contributed by atoms with Crippen molar-refractivity contribution >= 4 is 0 Å². The van der Waals surface area contributed by atoms with Gasteiger partial charge in [-0.3, -0.25) is 0 Å². The molecule has 1 aliphatic rings. The lowest BCUT2D eigenvalue weighted by Gasteiger charge is -2.27. The fraction of sp³-hybridized carbons (Fsp3) is 0.846. The van der Waals surface area contributed by atoms with Crippen molar-refractivity contribution in [3.63, 3.8) is 0 Å². The molecular weight excluding hydrogens is 228 g/mol. The van der Waals surface area contributed by atoms with Crippen LogP contribution >= 0.6 is 0 Å². The van der Waals surface area contributed by atoms with E-state index in [1.807, 2.05) is 0 Å². The third kappa shape index (κ3) is 2.90. The molecule has 0 bridgehead atoms. The number of methoxy groups -OCH3 is 1. The predicted molar refractivity (Wildman–Crippen MR) is 70.4 cm³/mol. The van der Waals surface area contributed by atoms with E-state index in [-0.39, 0.29) is 0 Å². The normalized spacial score (nSPS) is 17.7. The van der Waals surface area contributed by atoms with Gasteiger partial charge in [0.15, 0.2) is 0 Å². The van der Waals surface area contributed by atoms with E-state index in [0.29, 0.717) is 18.4 Å². The molecule has 18 heavy (non-hydrogen) atoms. The molecule has 1 heterocycles. The van der Waals surface area contributed by atoms with Gasteiger partial charge in [0, 0.05) is 26.0 Å². The molecule has 2 N–H and O–H groups in total. The molecule has 0 spiro atoms. The van der Waals surface area contributed by atoms with Crippen LogP contribution in [0, 0.1) is 5.92 Å². The van der Waals surface area contributed by atoms with Crippen molar-refractivity contribution in [1.82, 2.24) is 15.0 Å². The van der Waals surface area contributed by atoms with Crippen LogP contribution in [0.4, 0.5) is 0 Å². The topological polar surface area (TPSA) is 66.0 Å². The van der Waals surface area contributed by atoms with E-state index < -0.39 is 0 Å². The zero-order valence-corrected chi connectivity index (χ0v) is 11.4. The summed E-state index contributed by atoms with van der Waals surface area (Å²) >= 11 is 0. The predicted octanol–water partition coefficient (Wildman–Crippen LogP) is 1.33. The second-order valence-corrected chi connectivity index (χ2v) is 5.33. The maximum atomic E-state index is 5.65. The Kier molecular flexibility index (Phi) is 4.72. The first-order chi connectivity index (χ1) is 8.76. The molecule has 1 aliphatic carbocycles. The molecule has 0 radical (unpaired) electrons. The molecule has 2 rings (SSSR count). The largest absolute Gasteiger partial charge is 0.384 e. The Labute approximate surface area is 109 Å². The van der Waals surface area contributed by atoms with Crippen molar-refractivity contribution < 1.29 is 4.74 Å². The zero-order chi connectivity index (χ0) is 13.0. The van der Waals surface area contributed by atoms with Gasteiger partial charge in [-0.25, -0.2) is 4.68 Å². The van der Waals surface area contributed by atoms with Gasteiger partial charge in [-0.2, -0.15) is 0 Å². The second-order valence-electron chi connectivity index (χ2n) is 5.33. The summed E-state index contributed by atoms with van der Waals surface area (Å²) < 4.78 is 7.27. The van der Waals surface area contributed by atoms with E-state index in [4.69, 9.17) is 10.5 Å². The first-order valence-corrected chi connectivity index (χ1v) is 6.87. The molecule has 102 valence electrons. The number of nitrogens with zero attached hydrogens (tertiary/aromatic N) is 3. The molecule has 0 aliphatic heterocycles. The quantitative estimate of drug-likeness (QED) is 0.795. The Bertz CT molecular complexity index is 373. The average Bonchev–Trinajstić information content (AvgIpc) is 2.61. The van der Waals surface area contributed by atoms with Crippen LogP contribution in [0.2, 0.25) is 0 Å². The molecule has 0 amide bonds. The van der Waals surface area contributed by atoms with Crippen molar-refractivity contribution in [3.05, 3.63) is 11.4 Å². The zero-order valence-electron chi connectivity index (χ0n) is 11.4. The summed E-state index contributed by atoms with van der Waals surface area (Å²) in [7, 11) is 1.74. The monoisotopic (exact) mass is 252 g/mol. The fourth-order valence-electron chi connectivity index (χ4n) is 2.57. The van der Waals surface area contributed by atoms with Crippen molar-refractivity contribution in [3.8, 4) is 0 Å². The van der Waals surface area contributed by atoms with Crippen molar-refractivity contribution in [2.45, 2.75) is 45.1 Å². The Morgan fingerprint density at radius 2 is 2.28 bits per heavy atom. The Balaban J connectivity index is 2.12. The van der Waals surface area contributed by atoms with Crippen LogP contribution in [-0.2, 0) is 17.7 Å². The van der Waals surface area contributed by atoms with Crippen LogP contribution in [0.25, 0.3) is 0 Å². The third-order valence-electron chi connectivity index (χ3n) is 3.66. The van der Waals surface area contributed by atoms with E-state index in [1.54, 1.807) is 7.11 Å². The molecular formula is C13H24N4O. The molecule has 1 unspecified atom stereocenters. The highest BCUT2D eigenvalue weighted by atomic mass is 16.5. The summed E-state index contributed by atoms with van der Waals surface area (Å²) in [6.07, 6.45) is 4.70. The van der Waals surface area contributed by atoms with Gasteiger partial charge in [-0.1, -0.05) is 18.6 Å². The lowest BCUT2D eigenvalue weighted by Crippen LogP contribution is -2.21. The van der Waals surface area contributed by atoms with Gasteiger partial charge in [0.1, 0.15) is 0 Å². The SMILES string of the molecule is COCC(C)Cn1nnc(CCN)c1C1CCC1. The van der Waals surface area contributed by atoms with Crippen molar-refractivity contribution in [2.75, 3.05) is 20.3 Å². The summed E-state index contributed by atoms with van der Waals surface area (Å²) in [4.78, 5) is 0. The highest BCUT2D eigenvalue weighted by molar-refractivity contribution is 5.18. The van der Waals surface area contributed by atoms with Crippen molar-refractivity contribution in [1.29, 1.82) is 0 Å². The second kappa shape index (κ2) is 6.29. The molecule has 1 aromatic rings. The maximum Gasteiger partial charge on any atom is 0.0874 e. The van der Waals surface area contributed by atoms with Gasteiger partial charge in [0.05, 0.1) is 18.0 Å². The van der Waals surface area contributed by atoms with E-state index in [1.165, 1.54) is 25.0 Å². The average molecular weight is 252 g/mol. The molecule has 1 saturated carbocycles.